The Morgan fingerprint density at radius 3 is 2.46 bits per heavy atom. The number of hydrogen-bond donors (Lipinski definition) is 0. The number of nitrogens with zero attached hydrogens (tertiary/aromatic N) is 2. The molecule has 3 heterocycles. The molecule has 0 radical (unpaired) electrons. The fraction of sp³-hybridized carbons (Fsp3) is 0.387. The van der Waals surface area contributed by atoms with Gasteiger partial charge in [0.25, 0.3) is 0 Å². The van der Waals surface area contributed by atoms with Crippen molar-refractivity contribution in [3.63, 3.8) is 0 Å². The molecule has 3 aliphatic rings. The number of fused-ring (bicyclic) bond motifs is 3. The maximum absolute atomic E-state index is 14.8. The highest BCUT2D eigenvalue weighted by Gasteiger charge is 2.47. The third kappa shape index (κ3) is 6.50. The molecule has 0 N–H and O–H groups in total. The minimum absolute atomic E-state index is 0.0824. The van der Waals surface area contributed by atoms with Crippen molar-refractivity contribution >= 4 is 11.8 Å². The van der Waals surface area contributed by atoms with Gasteiger partial charge in [-0.1, -0.05) is 30.3 Å². The number of amides is 1. The molecule has 3 fully saturated rings. The van der Waals surface area contributed by atoms with Crippen molar-refractivity contribution in [2.75, 3.05) is 44.8 Å². The van der Waals surface area contributed by atoms with Gasteiger partial charge in [-0.3, -0.25) is 4.90 Å². The van der Waals surface area contributed by atoms with Crippen LogP contribution in [0.15, 0.2) is 72.8 Å². The monoisotopic (exact) mass is 537 g/mol. The highest BCUT2D eigenvalue weighted by atomic mass is 19.1. The first-order valence-electron chi connectivity index (χ1n) is 13.5. The van der Waals surface area contributed by atoms with E-state index in [4.69, 9.17) is 14.2 Å². The molecule has 1 amide bonds. The summed E-state index contributed by atoms with van der Waals surface area (Å²) in [4.78, 5) is 14.8. The Kier molecular flexibility index (Phi) is 8.31. The maximum Gasteiger partial charge on any atom is 0.415 e. The van der Waals surface area contributed by atoms with Crippen LogP contribution in [0, 0.1) is 17.6 Å². The second-order valence-electron chi connectivity index (χ2n) is 10.5. The van der Waals surface area contributed by atoms with E-state index in [1.807, 2.05) is 24.3 Å². The summed E-state index contributed by atoms with van der Waals surface area (Å²) in [6.45, 7) is 4.49. The van der Waals surface area contributed by atoms with E-state index in [1.54, 1.807) is 37.4 Å². The molecule has 39 heavy (non-hydrogen) atoms. The molecule has 0 unspecified atom stereocenters. The number of methoxy groups -OCH3 is 1. The summed E-state index contributed by atoms with van der Waals surface area (Å²) in [6.07, 6.45) is 2.05. The zero-order valence-electron chi connectivity index (χ0n) is 22.2. The predicted molar refractivity (Wildman–Crippen MR) is 145 cm³/mol. The smallest absolute Gasteiger partial charge is 0.415 e. The van der Waals surface area contributed by atoms with Crippen molar-refractivity contribution in [3.05, 3.63) is 90.0 Å². The van der Waals surface area contributed by atoms with E-state index < -0.39 is 11.9 Å². The third-order valence-electron chi connectivity index (χ3n) is 8.00. The van der Waals surface area contributed by atoms with Gasteiger partial charge in [-0.2, -0.15) is 0 Å². The van der Waals surface area contributed by atoms with Gasteiger partial charge in [-0.15, -0.1) is 0 Å². The van der Waals surface area contributed by atoms with Gasteiger partial charge >= 0.3 is 6.09 Å². The van der Waals surface area contributed by atoms with Crippen LogP contribution in [0.3, 0.4) is 0 Å². The summed E-state index contributed by atoms with van der Waals surface area (Å²) < 4.78 is 46.4. The number of halogens is 2. The van der Waals surface area contributed by atoms with Crippen molar-refractivity contribution in [3.8, 4) is 11.5 Å². The van der Waals surface area contributed by atoms with Crippen LogP contribution in [-0.4, -0.2) is 56.6 Å². The number of rotatable bonds is 10. The number of carbonyl (C=O) groups excluding carboxylic acids is 1. The number of piperidine rings is 3. The topological polar surface area (TPSA) is 48.0 Å². The van der Waals surface area contributed by atoms with Crippen molar-refractivity contribution in [2.24, 2.45) is 5.92 Å². The third-order valence-corrected chi connectivity index (χ3v) is 8.00. The lowest BCUT2D eigenvalue weighted by molar-refractivity contribution is -0.946. The molecule has 2 bridgehead atoms. The van der Waals surface area contributed by atoms with E-state index in [0.717, 1.165) is 61.4 Å². The lowest BCUT2D eigenvalue weighted by Crippen LogP contribution is -2.65. The quantitative estimate of drug-likeness (QED) is 0.228. The number of hydrogen-bond acceptors (Lipinski definition) is 4. The van der Waals surface area contributed by atoms with Crippen molar-refractivity contribution < 1.29 is 32.3 Å². The van der Waals surface area contributed by atoms with E-state index in [1.165, 1.54) is 23.1 Å². The first-order chi connectivity index (χ1) is 18.9. The van der Waals surface area contributed by atoms with E-state index >= 15 is 0 Å². The zero-order valence-corrected chi connectivity index (χ0v) is 22.2. The molecule has 6 nitrogen and oxygen atoms in total. The Hall–Kier alpha value is -3.65. The highest BCUT2D eigenvalue weighted by molar-refractivity contribution is 5.87. The molecule has 0 spiro atoms. The number of carbonyl (C=O) groups is 1. The Morgan fingerprint density at radius 1 is 0.974 bits per heavy atom. The molecular weight excluding hydrogens is 502 g/mol. The van der Waals surface area contributed by atoms with E-state index in [-0.39, 0.29) is 24.2 Å². The van der Waals surface area contributed by atoms with Gasteiger partial charge in [0.15, 0.2) is 6.10 Å². The number of quaternary nitrogens is 1. The molecule has 8 heteroatoms. The lowest BCUT2D eigenvalue weighted by Gasteiger charge is -2.52. The van der Waals surface area contributed by atoms with Crippen LogP contribution in [0.1, 0.15) is 24.8 Å². The normalized spacial score (nSPS) is 21.8. The van der Waals surface area contributed by atoms with Crippen molar-refractivity contribution in [1.29, 1.82) is 0 Å². The second kappa shape index (κ2) is 12.0. The number of anilines is 1. The summed E-state index contributed by atoms with van der Waals surface area (Å²) in [5.74, 6) is 0.975. The molecule has 3 aliphatic heterocycles. The fourth-order valence-corrected chi connectivity index (χ4v) is 5.83. The number of benzene rings is 3. The minimum atomic E-state index is -0.581. The van der Waals surface area contributed by atoms with Crippen LogP contribution in [0.2, 0.25) is 0 Å². The SMILES string of the molecule is COc1cccc(OCCC[N+]23CCC(CC2)[C@@H](OC(=O)N(Cc2ccc(F)cc2)c2ccccc2F)C3)c1. The minimum Gasteiger partial charge on any atom is -0.497 e. The molecule has 3 aromatic rings. The van der Waals surface area contributed by atoms with Gasteiger partial charge in [0.1, 0.15) is 29.7 Å². The van der Waals surface area contributed by atoms with Gasteiger partial charge in [0, 0.05) is 31.2 Å². The van der Waals surface area contributed by atoms with Gasteiger partial charge in [0.05, 0.1) is 45.6 Å². The molecule has 1 atom stereocenters. The molecule has 0 aromatic heterocycles. The summed E-state index contributed by atoms with van der Waals surface area (Å²) in [6, 6.07) is 19.6. The fourth-order valence-electron chi connectivity index (χ4n) is 5.83. The molecule has 3 aromatic carbocycles. The van der Waals surface area contributed by atoms with Gasteiger partial charge < -0.3 is 18.7 Å². The molecule has 0 aliphatic carbocycles. The average Bonchev–Trinajstić information content (AvgIpc) is 2.96. The molecule has 6 rings (SSSR count). The van der Waals surface area contributed by atoms with Crippen LogP contribution >= 0.6 is 0 Å². The zero-order chi connectivity index (χ0) is 27.2. The Morgan fingerprint density at radius 2 is 1.72 bits per heavy atom. The van der Waals surface area contributed by atoms with E-state index in [2.05, 4.69) is 0 Å². The van der Waals surface area contributed by atoms with Crippen LogP contribution in [-0.2, 0) is 11.3 Å². The van der Waals surface area contributed by atoms with E-state index in [0.29, 0.717) is 18.1 Å². The standard InChI is InChI=1S/C31H35F2N2O4/c1-37-26-6-4-7-27(20-26)38-19-5-16-35-17-14-24(15-18-35)30(22-35)39-31(36)34(29-9-3-2-8-28(29)33)21-23-10-12-25(32)13-11-23/h2-4,6-13,20,24,30H,5,14-19,21-22H2,1H3/q+1/t24?,30-,35?/m0/s1. The predicted octanol–water partition coefficient (Wildman–Crippen LogP) is 6.19. The lowest BCUT2D eigenvalue weighted by atomic mass is 9.83. The van der Waals surface area contributed by atoms with Gasteiger partial charge in [-0.05, 0) is 42.0 Å². The summed E-state index contributed by atoms with van der Waals surface area (Å²) in [7, 11) is 1.64. The number of para-hydroxylation sites is 1. The largest absolute Gasteiger partial charge is 0.497 e. The Labute approximate surface area is 228 Å². The van der Waals surface area contributed by atoms with Crippen LogP contribution < -0.4 is 14.4 Å². The van der Waals surface area contributed by atoms with Crippen LogP contribution in [0.25, 0.3) is 0 Å². The first kappa shape index (κ1) is 26.9. The average molecular weight is 538 g/mol. The summed E-state index contributed by atoms with van der Waals surface area (Å²) >= 11 is 0. The maximum atomic E-state index is 14.8. The van der Waals surface area contributed by atoms with Crippen LogP contribution in [0.5, 0.6) is 11.5 Å². The van der Waals surface area contributed by atoms with Gasteiger partial charge in [-0.25, -0.2) is 13.6 Å². The van der Waals surface area contributed by atoms with Gasteiger partial charge in [0.2, 0.25) is 0 Å². The number of ether oxygens (including phenoxy) is 3. The Bertz CT molecular complexity index is 1260. The van der Waals surface area contributed by atoms with E-state index in [9.17, 15) is 13.6 Å². The molecular formula is C31H35F2N2O4+. The van der Waals surface area contributed by atoms with Crippen molar-refractivity contribution in [1.82, 2.24) is 0 Å². The van der Waals surface area contributed by atoms with Crippen molar-refractivity contribution in [2.45, 2.75) is 31.9 Å². The second-order valence-corrected chi connectivity index (χ2v) is 10.5. The van der Waals surface area contributed by atoms with Crippen LogP contribution in [0.4, 0.5) is 19.3 Å². The molecule has 3 saturated heterocycles. The molecule has 206 valence electrons. The summed E-state index contributed by atoms with van der Waals surface area (Å²) in [5, 5.41) is 0. The summed E-state index contributed by atoms with van der Waals surface area (Å²) in [5.41, 5.74) is 0.830. The first-order valence-corrected chi connectivity index (χ1v) is 13.5. The highest BCUT2D eigenvalue weighted by Crippen LogP contribution is 2.36. The molecule has 0 saturated carbocycles. The Balaban J connectivity index is 1.22.